The van der Waals surface area contributed by atoms with Crippen molar-refractivity contribution in [3.8, 4) is 0 Å². The predicted molar refractivity (Wildman–Crippen MR) is 75.0 cm³/mol. The van der Waals surface area contributed by atoms with Gasteiger partial charge in [0, 0.05) is 32.0 Å². The predicted octanol–water partition coefficient (Wildman–Crippen LogP) is 2.56. The third kappa shape index (κ3) is 2.89. The Morgan fingerprint density at radius 3 is 3.00 bits per heavy atom. The van der Waals surface area contributed by atoms with Gasteiger partial charge in [0.05, 0.1) is 5.56 Å². The maximum Gasteiger partial charge on any atom is 0.336 e. The lowest BCUT2D eigenvalue weighted by atomic mass is 9.95. The van der Waals surface area contributed by atoms with Gasteiger partial charge in [-0.2, -0.15) is 0 Å². The van der Waals surface area contributed by atoms with Crippen molar-refractivity contribution < 1.29 is 14.6 Å². The molecule has 1 heterocycles. The van der Waals surface area contributed by atoms with Crippen LogP contribution < -0.4 is 4.90 Å². The SMILES string of the molecule is COCCC(C)N1CCCc2c(C(=O)O)cccc21. The Bertz CT molecular complexity index is 459. The number of anilines is 1. The van der Waals surface area contributed by atoms with Crippen molar-refractivity contribution in [1.82, 2.24) is 0 Å². The van der Waals surface area contributed by atoms with E-state index in [1.807, 2.05) is 12.1 Å². The van der Waals surface area contributed by atoms with Crippen molar-refractivity contribution >= 4 is 11.7 Å². The van der Waals surface area contributed by atoms with Crippen LogP contribution in [0.5, 0.6) is 0 Å². The van der Waals surface area contributed by atoms with Crippen LogP contribution >= 0.6 is 0 Å². The van der Waals surface area contributed by atoms with Crippen molar-refractivity contribution in [3.05, 3.63) is 29.3 Å². The molecule has 0 amide bonds. The van der Waals surface area contributed by atoms with E-state index in [9.17, 15) is 9.90 Å². The Kier molecular flexibility index (Phi) is 4.43. The highest BCUT2D eigenvalue weighted by molar-refractivity contribution is 5.91. The van der Waals surface area contributed by atoms with Crippen LogP contribution in [0.2, 0.25) is 0 Å². The number of hydrogen-bond donors (Lipinski definition) is 1. The van der Waals surface area contributed by atoms with Crippen molar-refractivity contribution in [1.29, 1.82) is 0 Å². The fourth-order valence-electron chi connectivity index (χ4n) is 2.76. The lowest BCUT2D eigenvalue weighted by Crippen LogP contribution is -2.38. The topological polar surface area (TPSA) is 49.8 Å². The summed E-state index contributed by atoms with van der Waals surface area (Å²) >= 11 is 0. The van der Waals surface area contributed by atoms with Gasteiger partial charge in [0.25, 0.3) is 0 Å². The van der Waals surface area contributed by atoms with Crippen LogP contribution in [0.4, 0.5) is 5.69 Å². The quantitative estimate of drug-likeness (QED) is 0.887. The van der Waals surface area contributed by atoms with Gasteiger partial charge < -0.3 is 14.7 Å². The van der Waals surface area contributed by atoms with Gasteiger partial charge in [-0.15, -0.1) is 0 Å². The highest BCUT2D eigenvalue weighted by atomic mass is 16.5. The number of methoxy groups -OCH3 is 1. The Morgan fingerprint density at radius 2 is 2.32 bits per heavy atom. The van der Waals surface area contributed by atoms with Gasteiger partial charge in [0.1, 0.15) is 0 Å². The molecule has 104 valence electrons. The molecular formula is C15H21NO3. The number of ether oxygens (including phenoxy) is 1. The number of nitrogens with zero attached hydrogens (tertiary/aromatic N) is 1. The standard InChI is InChI=1S/C15H21NO3/c1-11(8-10-19-2)16-9-4-6-12-13(15(17)18)5-3-7-14(12)16/h3,5,7,11H,4,6,8-10H2,1-2H3,(H,17,18). The van der Waals surface area contributed by atoms with E-state index in [4.69, 9.17) is 4.74 Å². The molecule has 0 fully saturated rings. The summed E-state index contributed by atoms with van der Waals surface area (Å²) in [5.41, 5.74) is 2.50. The molecule has 1 unspecified atom stereocenters. The van der Waals surface area contributed by atoms with E-state index in [1.165, 1.54) is 0 Å². The molecule has 0 bridgehead atoms. The summed E-state index contributed by atoms with van der Waals surface area (Å²) in [5, 5.41) is 9.27. The minimum Gasteiger partial charge on any atom is -0.478 e. The van der Waals surface area contributed by atoms with Crippen molar-refractivity contribution in [2.24, 2.45) is 0 Å². The van der Waals surface area contributed by atoms with E-state index in [1.54, 1.807) is 13.2 Å². The molecule has 19 heavy (non-hydrogen) atoms. The van der Waals surface area contributed by atoms with Crippen LogP contribution in [0.3, 0.4) is 0 Å². The Morgan fingerprint density at radius 1 is 1.53 bits per heavy atom. The maximum absolute atomic E-state index is 11.3. The van der Waals surface area contributed by atoms with E-state index in [0.717, 1.165) is 43.7 Å². The minimum absolute atomic E-state index is 0.364. The molecule has 0 saturated carbocycles. The van der Waals surface area contributed by atoms with Gasteiger partial charge in [-0.1, -0.05) is 6.07 Å². The highest BCUT2D eigenvalue weighted by Gasteiger charge is 2.24. The number of hydrogen-bond acceptors (Lipinski definition) is 3. The molecule has 1 aliphatic heterocycles. The number of carboxylic acid groups (broad SMARTS) is 1. The fraction of sp³-hybridized carbons (Fsp3) is 0.533. The van der Waals surface area contributed by atoms with Gasteiger partial charge >= 0.3 is 5.97 Å². The zero-order valence-corrected chi connectivity index (χ0v) is 11.6. The number of rotatable bonds is 5. The Balaban J connectivity index is 2.29. The average Bonchev–Trinajstić information content (AvgIpc) is 2.43. The van der Waals surface area contributed by atoms with E-state index in [2.05, 4.69) is 11.8 Å². The second kappa shape index (κ2) is 6.06. The van der Waals surface area contributed by atoms with Crippen LogP contribution in [0.15, 0.2) is 18.2 Å². The molecule has 1 N–H and O–H groups in total. The summed E-state index contributed by atoms with van der Waals surface area (Å²) in [7, 11) is 1.71. The molecule has 4 heteroatoms. The molecule has 1 aliphatic rings. The molecule has 0 aliphatic carbocycles. The third-order valence-corrected chi connectivity index (χ3v) is 3.79. The fourth-order valence-corrected chi connectivity index (χ4v) is 2.76. The van der Waals surface area contributed by atoms with Crippen molar-refractivity contribution in [2.45, 2.75) is 32.2 Å². The van der Waals surface area contributed by atoms with Crippen LogP contribution in [0.1, 0.15) is 35.7 Å². The monoisotopic (exact) mass is 263 g/mol. The maximum atomic E-state index is 11.3. The van der Waals surface area contributed by atoms with Crippen LogP contribution in [0, 0.1) is 0 Å². The second-order valence-corrected chi connectivity index (χ2v) is 5.04. The number of benzene rings is 1. The summed E-state index contributed by atoms with van der Waals surface area (Å²) in [6, 6.07) is 5.93. The largest absolute Gasteiger partial charge is 0.478 e. The smallest absolute Gasteiger partial charge is 0.336 e. The summed E-state index contributed by atoms with van der Waals surface area (Å²) < 4.78 is 5.13. The Labute approximate surface area is 114 Å². The van der Waals surface area contributed by atoms with Crippen LogP contribution in [-0.2, 0) is 11.2 Å². The summed E-state index contributed by atoms with van der Waals surface area (Å²) in [6.45, 7) is 3.88. The third-order valence-electron chi connectivity index (χ3n) is 3.79. The molecule has 0 saturated heterocycles. The zero-order valence-electron chi connectivity index (χ0n) is 11.6. The lowest BCUT2D eigenvalue weighted by molar-refractivity contribution is 0.0695. The molecule has 0 radical (unpaired) electrons. The molecule has 0 aromatic heterocycles. The average molecular weight is 263 g/mol. The number of aromatic carboxylic acids is 1. The van der Waals surface area contributed by atoms with Gasteiger partial charge in [0.15, 0.2) is 0 Å². The normalized spacial score (nSPS) is 16.0. The zero-order chi connectivity index (χ0) is 13.8. The molecular weight excluding hydrogens is 242 g/mol. The molecule has 0 spiro atoms. The first-order valence-corrected chi connectivity index (χ1v) is 6.76. The second-order valence-electron chi connectivity index (χ2n) is 5.04. The number of carbonyl (C=O) groups is 1. The summed E-state index contributed by atoms with van der Waals surface area (Å²) in [6.07, 6.45) is 2.81. The van der Waals surface area contributed by atoms with E-state index >= 15 is 0 Å². The molecule has 1 aromatic rings. The molecule has 1 aromatic carbocycles. The van der Waals surface area contributed by atoms with Crippen molar-refractivity contribution in [3.63, 3.8) is 0 Å². The lowest BCUT2D eigenvalue weighted by Gasteiger charge is -2.36. The summed E-state index contributed by atoms with van der Waals surface area (Å²) in [4.78, 5) is 13.6. The van der Waals surface area contributed by atoms with Gasteiger partial charge in [-0.25, -0.2) is 4.79 Å². The van der Waals surface area contributed by atoms with Crippen LogP contribution in [-0.4, -0.2) is 37.4 Å². The highest BCUT2D eigenvalue weighted by Crippen LogP contribution is 2.31. The van der Waals surface area contributed by atoms with Crippen molar-refractivity contribution in [2.75, 3.05) is 25.2 Å². The summed E-state index contributed by atoms with van der Waals surface area (Å²) in [5.74, 6) is -0.830. The minimum atomic E-state index is -0.830. The first-order chi connectivity index (χ1) is 9.15. The molecule has 2 rings (SSSR count). The van der Waals surface area contributed by atoms with Gasteiger partial charge in [-0.05, 0) is 43.9 Å². The van der Waals surface area contributed by atoms with Gasteiger partial charge in [0.2, 0.25) is 0 Å². The Hall–Kier alpha value is -1.55. The molecule has 1 atom stereocenters. The molecule has 4 nitrogen and oxygen atoms in total. The van der Waals surface area contributed by atoms with Crippen LogP contribution in [0.25, 0.3) is 0 Å². The van der Waals surface area contributed by atoms with Gasteiger partial charge in [-0.3, -0.25) is 0 Å². The van der Waals surface area contributed by atoms with E-state index in [0.29, 0.717) is 11.6 Å². The van der Waals surface area contributed by atoms with E-state index in [-0.39, 0.29) is 0 Å². The number of fused-ring (bicyclic) bond motifs is 1. The first-order valence-electron chi connectivity index (χ1n) is 6.76. The number of carboxylic acids is 1. The first kappa shape index (κ1) is 13.9. The van der Waals surface area contributed by atoms with E-state index < -0.39 is 5.97 Å².